The molecule has 4 rings (SSSR count). The summed E-state index contributed by atoms with van der Waals surface area (Å²) in [5, 5.41) is 3.00. The maximum atomic E-state index is 14.5. The minimum Gasteiger partial charge on any atom is -0.354 e. The number of rotatable bonds is 14. The fourth-order valence-corrected chi connectivity index (χ4v) is 7.03. The monoisotopic (exact) mass is 739 g/mol. The van der Waals surface area contributed by atoms with E-state index < -0.39 is 28.5 Å². The van der Waals surface area contributed by atoms with Crippen LogP contribution in [0.2, 0.25) is 0 Å². The molecule has 0 unspecified atom stereocenters. The Hall–Kier alpha value is -3.47. The van der Waals surface area contributed by atoms with Gasteiger partial charge in [0.1, 0.15) is 12.6 Å². The molecule has 0 aliphatic carbocycles. The average Bonchev–Trinajstić information content (AvgIpc) is 3.02. The summed E-state index contributed by atoms with van der Waals surface area (Å²) in [4.78, 5) is 29.8. The molecule has 0 aromatic heterocycles. The highest BCUT2D eigenvalue weighted by Gasteiger charge is 2.34. The number of unbranched alkanes of at least 4 members (excludes halogenated alkanes) is 1. The Kier molecular flexibility index (Phi) is 12.2. The zero-order chi connectivity index (χ0) is 31.5. The third-order valence-corrected chi connectivity index (χ3v) is 9.82. The molecule has 0 spiro atoms. The Morgan fingerprint density at radius 2 is 1.41 bits per heavy atom. The van der Waals surface area contributed by atoms with Gasteiger partial charge in [-0.1, -0.05) is 112 Å². The van der Waals surface area contributed by atoms with Gasteiger partial charge in [-0.15, -0.1) is 0 Å². The van der Waals surface area contributed by atoms with Crippen molar-refractivity contribution in [1.29, 1.82) is 0 Å². The van der Waals surface area contributed by atoms with Crippen molar-refractivity contribution in [2.24, 2.45) is 0 Å². The number of carbonyl (C=O) groups is 2. The predicted octanol–water partition coefficient (Wildman–Crippen LogP) is 6.96. The number of carbonyl (C=O) groups excluding carboxylic acids is 2. The first-order valence-corrected chi connectivity index (χ1v) is 17.4. The number of amides is 2. The second kappa shape index (κ2) is 16.0. The van der Waals surface area contributed by atoms with Crippen molar-refractivity contribution < 1.29 is 18.0 Å². The third-order valence-electron chi connectivity index (χ3n) is 7.05. The van der Waals surface area contributed by atoms with E-state index in [1.165, 1.54) is 17.0 Å². The van der Waals surface area contributed by atoms with Crippen molar-refractivity contribution in [1.82, 2.24) is 10.2 Å². The summed E-state index contributed by atoms with van der Waals surface area (Å²) in [6.45, 7) is 2.12. The van der Waals surface area contributed by atoms with Gasteiger partial charge in [-0.3, -0.25) is 13.9 Å². The Balaban J connectivity index is 1.78. The number of anilines is 1. The lowest BCUT2D eigenvalue weighted by Gasteiger charge is -2.34. The molecule has 0 heterocycles. The van der Waals surface area contributed by atoms with E-state index in [1.807, 2.05) is 61.5 Å². The number of benzene rings is 4. The van der Waals surface area contributed by atoms with Gasteiger partial charge in [-0.05, 0) is 60.0 Å². The van der Waals surface area contributed by atoms with E-state index >= 15 is 0 Å². The van der Waals surface area contributed by atoms with Crippen LogP contribution in [-0.4, -0.2) is 44.3 Å². The lowest BCUT2D eigenvalue weighted by Crippen LogP contribution is -2.53. The molecule has 230 valence electrons. The Morgan fingerprint density at radius 1 is 0.795 bits per heavy atom. The van der Waals surface area contributed by atoms with Gasteiger partial charge in [0.2, 0.25) is 11.8 Å². The van der Waals surface area contributed by atoms with Crippen LogP contribution in [0.25, 0.3) is 0 Å². The molecule has 0 saturated heterocycles. The van der Waals surface area contributed by atoms with Crippen molar-refractivity contribution in [3.63, 3.8) is 0 Å². The molecule has 4 aromatic carbocycles. The largest absolute Gasteiger partial charge is 0.354 e. The molecule has 0 radical (unpaired) electrons. The summed E-state index contributed by atoms with van der Waals surface area (Å²) in [6.07, 6.45) is 1.97. The molecule has 0 aliphatic rings. The Bertz CT molecular complexity index is 1650. The highest BCUT2D eigenvalue weighted by molar-refractivity contribution is 9.10. The molecule has 1 atom stereocenters. The summed E-state index contributed by atoms with van der Waals surface area (Å²) in [7, 11) is -4.14. The van der Waals surface area contributed by atoms with Gasteiger partial charge < -0.3 is 10.2 Å². The van der Waals surface area contributed by atoms with Crippen LogP contribution in [0, 0.1) is 0 Å². The summed E-state index contributed by atoms with van der Waals surface area (Å²) >= 11 is 6.94. The van der Waals surface area contributed by atoms with Gasteiger partial charge in [0.05, 0.1) is 10.6 Å². The molecular weight excluding hydrogens is 706 g/mol. The standard InChI is InChI=1S/C34H35Br2N3O4S/c1-2-3-20-37-34(41)32(22-26-12-6-4-7-13-26)38(24-27-14-10-15-28(35)21-27)33(40)25-39(30-17-11-16-29(36)23-30)44(42,43)31-18-8-5-9-19-31/h4-19,21,23,32H,2-3,20,22,24-25H2,1H3,(H,37,41)/t32-/m0/s1. The number of nitrogens with zero attached hydrogens (tertiary/aromatic N) is 2. The summed E-state index contributed by atoms with van der Waals surface area (Å²) in [5.74, 6) is -0.790. The van der Waals surface area contributed by atoms with Gasteiger partial charge >= 0.3 is 0 Å². The van der Waals surface area contributed by atoms with Gasteiger partial charge in [0, 0.05) is 28.5 Å². The summed E-state index contributed by atoms with van der Waals surface area (Å²) in [5.41, 5.74) is 2.01. The van der Waals surface area contributed by atoms with E-state index in [-0.39, 0.29) is 23.8 Å². The molecule has 2 amide bonds. The predicted molar refractivity (Wildman–Crippen MR) is 182 cm³/mol. The minimum atomic E-state index is -4.14. The van der Waals surface area contributed by atoms with Crippen molar-refractivity contribution in [2.45, 2.75) is 43.7 Å². The highest BCUT2D eigenvalue weighted by Crippen LogP contribution is 2.27. The topological polar surface area (TPSA) is 86.8 Å². The molecule has 7 nitrogen and oxygen atoms in total. The molecule has 44 heavy (non-hydrogen) atoms. The van der Waals surface area contributed by atoms with Crippen LogP contribution in [0.5, 0.6) is 0 Å². The molecule has 4 aromatic rings. The van der Waals surface area contributed by atoms with E-state index in [2.05, 4.69) is 37.2 Å². The average molecular weight is 742 g/mol. The Morgan fingerprint density at radius 3 is 2.05 bits per heavy atom. The molecule has 10 heteroatoms. The maximum absolute atomic E-state index is 14.5. The molecule has 0 fully saturated rings. The van der Waals surface area contributed by atoms with Crippen molar-refractivity contribution in [3.8, 4) is 0 Å². The highest BCUT2D eigenvalue weighted by atomic mass is 79.9. The maximum Gasteiger partial charge on any atom is 0.264 e. The lowest BCUT2D eigenvalue weighted by atomic mass is 10.0. The van der Waals surface area contributed by atoms with Crippen LogP contribution >= 0.6 is 31.9 Å². The number of halogens is 2. The summed E-state index contributed by atoms with van der Waals surface area (Å²) < 4.78 is 30.7. The third kappa shape index (κ3) is 9.03. The van der Waals surface area contributed by atoms with Crippen molar-refractivity contribution >= 4 is 59.4 Å². The minimum absolute atomic E-state index is 0.0597. The number of nitrogens with one attached hydrogen (secondary N) is 1. The molecule has 0 saturated carbocycles. The van der Waals surface area contributed by atoms with Crippen molar-refractivity contribution in [2.75, 3.05) is 17.4 Å². The Labute approximate surface area is 276 Å². The zero-order valence-electron chi connectivity index (χ0n) is 24.4. The summed E-state index contributed by atoms with van der Waals surface area (Å²) in [6, 6.07) is 31.0. The molecular formula is C34H35Br2N3O4S. The molecule has 1 N–H and O–H groups in total. The fraction of sp³-hybridized carbons (Fsp3) is 0.235. The second-order valence-corrected chi connectivity index (χ2v) is 14.0. The van der Waals surface area contributed by atoms with Crippen LogP contribution in [0.15, 0.2) is 123 Å². The van der Waals surface area contributed by atoms with Crippen LogP contribution in [0.4, 0.5) is 5.69 Å². The van der Waals surface area contributed by atoms with E-state index in [1.54, 1.807) is 42.5 Å². The van der Waals surface area contributed by atoms with Crippen LogP contribution in [0.3, 0.4) is 0 Å². The first-order chi connectivity index (χ1) is 21.2. The van der Waals surface area contributed by atoms with E-state index in [0.717, 1.165) is 32.7 Å². The second-order valence-electron chi connectivity index (χ2n) is 10.3. The van der Waals surface area contributed by atoms with Crippen LogP contribution in [-0.2, 0) is 32.6 Å². The van der Waals surface area contributed by atoms with E-state index in [4.69, 9.17) is 0 Å². The SMILES string of the molecule is CCCCNC(=O)[C@H](Cc1ccccc1)N(Cc1cccc(Br)c1)C(=O)CN(c1cccc(Br)c1)S(=O)(=O)c1ccccc1. The smallest absolute Gasteiger partial charge is 0.264 e. The number of hydrogen-bond acceptors (Lipinski definition) is 4. The zero-order valence-corrected chi connectivity index (χ0v) is 28.4. The number of sulfonamides is 1. The first kappa shape index (κ1) is 33.4. The van der Waals surface area contributed by atoms with E-state index in [9.17, 15) is 18.0 Å². The fourth-order valence-electron chi connectivity index (χ4n) is 4.77. The van der Waals surface area contributed by atoms with Gasteiger partial charge in [-0.2, -0.15) is 0 Å². The van der Waals surface area contributed by atoms with Gasteiger partial charge in [-0.25, -0.2) is 8.42 Å². The quantitative estimate of drug-likeness (QED) is 0.142. The van der Waals surface area contributed by atoms with Crippen LogP contribution < -0.4 is 9.62 Å². The van der Waals surface area contributed by atoms with E-state index in [0.29, 0.717) is 16.7 Å². The van der Waals surface area contributed by atoms with Crippen molar-refractivity contribution in [3.05, 3.63) is 129 Å². The van der Waals surface area contributed by atoms with Gasteiger partial charge in [0.25, 0.3) is 10.0 Å². The number of hydrogen-bond donors (Lipinski definition) is 1. The van der Waals surface area contributed by atoms with Crippen LogP contribution in [0.1, 0.15) is 30.9 Å². The van der Waals surface area contributed by atoms with Gasteiger partial charge in [0.15, 0.2) is 0 Å². The lowest BCUT2D eigenvalue weighted by molar-refractivity contribution is -0.140. The molecule has 0 aliphatic heterocycles. The normalized spacial score (nSPS) is 11.9. The molecule has 0 bridgehead atoms. The first-order valence-electron chi connectivity index (χ1n) is 14.4.